The zero-order valence-corrected chi connectivity index (χ0v) is 12.4. The summed E-state index contributed by atoms with van der Waals surface area (Å²) in [7, 11) is 0. The van der Waals surface area contributed by atoms with Gasteiger partial charge in [0, 0.05) is 18.0 Å². The van der Waals surface area contributed by atoms with Gasteiger partial charge in [-0.25, -0.2) is 0 Å². The molecule has 19 heavy (non-hydrogen) atoms. The zero-order valence-electron chi connectivity index (χ0n) is 10.8. The second-order valence-corrected chi connectivity index (χ2v) is 5.32. The third kappa shape index (κ3) is 3.16. The first kappa shape index (κ1) is 14.1. The Hall–Kier alpha value is -1.33. The second kappa shape index (κ2) is 6.21. The van der Waals surface area contributed by atoms with Gasteiger partial charge in [-0.15, -0.1) is 0 Å². The van der Waals surface area contributed by atoms with E-state index < -0.39 is 0 Å². The van der Waals surface area contributed by atoms with E-state index in [1.165, 1.54) is 0 Å². The van der Waals surface area contributed by atoms with E-state index in [0.717, 1.165) is 22.7 Å². The van der Waals surface area contributed by atoms with Crippen molar-refractivity contribution in [3.8, 4) is 0 Å². The van der Waals surface area contributed by atoms with Gasteiger partial charge in [-0.2, -0.15) is 0 Å². The van der Waals surface area contributed by atoms with Crippen LogP contribution in [0.5, 0.6) is 0 Å². The average molecular weight is 325 g/mol. The molecule has 2 aromatic rings. The van der Waals surface area contributed by atoms with Crippen LogP contribution in [0.3, 0.4) is 0 Å². The Balaban J connectivity index is 2.19. The summed E-state index contributed by atoms with van der Waals surface area (Å²) in [6.07, 6.45) is 1.85. The molecule has 0 radical (unpaired) electrons. The number of nitrogens with one attached hydrogen (secondary N) is 1. The van der Waals surface area contributed by atoms with Gasteiger partial charge in [0.05, 0.1) is 4.47 Å². The summed E-state index contributed by atoms with van der Waals surface area (Å²) >= 11 is 3.40. The summed E-state index contributed by atoms with van der Waals surface area (Å²) in [4.78, 5) is 12.1. The largest absolute Gasteiger partial charge is 0.450 e. The lowest BCUT2D eigenvalue weighted by Crippen LogP contribution is -2.39. The molecular weight excluding hydrogens is 308 g/mol. The minimum absolute atomic E-state index is 0.00541. The van der Waals surface area contributed by atoms with Gasteiger partial charge in [-0.3, -0.25) is 4.79 Å². The van der Waals surface area contributed by atoms with E-state index in [9.17, 15) is 4.79 Å². The van der Waals surface area contributed by atoms with Crippen molar-refractivity contribution in [3.63, 3.8) is 0 Å². The number of carbonyl (C=O) groups is 1. The van der Waals surface area contributed by atoms with Crippen LogP contribution in [0.25, 0.3) is 11.0 Å². The predicted molar refractivity (Wildman–Crippen MR) is 79.1 cm³/mol. The fraction of sp³-hybridized carbons (Fsp3) is 0.357. The molecule has 5 heteroatoms. The van der Waals surface area contributed by atoms with Crippen molar-refractivity contribution >= 4 is 32.8 Å². The Labute approximate surface area is 120 Å². The minimum atomic E-state index is -0.216. The van der Waals surface area contributed by atoms with E-state index in [0.29, 0.717) is 17.9 Å². The number of benzene rings is 1. The number of nitrogens with two attached hydrogens (primary N) is 1. The molecule has 3 N–H and O–H groups in total. The normalized spacial score (nSPS) is 12.6. The van der Waals surface area contributed by atoms with Crippen LogP contribution in [0, 0.1) is 0 Å². The standard InChI is InChI=1S/C14H17BrN2O2/c1-2-4-10(8-16)17-14(18)12-7-9-5-3-6-11(15)13(9)19-12/h3,5-7,10H,2,4,8,16H2,1H3,(H,17,18). The number of carbonyl (C=O) groups excluding carboxylic acids is 1. The number of furan rings is 1. The number of para-hydroxylation sites is 1. The van der Waals surface area contributed by atoms with Gasteiger partial charge < -0.3 is 15.5 Å². The lowest BCUT2D eigenvalue weighted by molar-refractivity contribution is 0.0910. The van der Waals surface area contributed by atoms with Gasteiger partial charge in [0.25, 0.3) is 5.91 Å². The molecule has 0 bridgehead atoms. The first-order chi connectivity index (χ1) is 9.15. The van der Waals surface area contributed by atoms with Gasteiger partial charge in [0.1, 0.15) is 5.58 Å². The summed E-state index contributed by atoms with van der Waals surface area (Å²) < 4.78 is 6.43. The van der Waals surface area contributed by atoms with Crippen molar-refractivity contribution in [2.75, 3.05) is 6.54 Å². The maximum absolute atomic E-state index is 12.1. The summed E-state index contributed by atoms with van der Waals surface area (Å²) in [6.45, 7) is 2.50. The molecule has 1 unspecified atom stereocenters. The third-order valence-corrected chi connectivity index (χ3v) is 3.60. The van der Waals surface area contributed by atoms with Crippen LogP contribution in [0.1, 0.15) is 30.3 Å². The fourth-order valence-corrected chi connectivity index (χ4v) is 2.46. The van der Waals surface area contributed by atoms with E-state index in [1.54, 1.807) is 6.07 Å². The molecule has 1 heterocycles. The summed E-state index contributed by atoms with van der Waals surface area (Å²) in [5.41, 5.74) is 6.32. The van der Waals surface area contributed by atoms with E-state index in [2.05, 4.69) is 28.2 Å². The maximum atomic E-state index is 12.1. The van der Waals surface area contributed by atoms with E-state index >= 15 is 0 Å². The highest BCUT2D eigenvalue weighted by Crippen LogP contribution is 2.26. The van der Waals surface area contributed by atoms with Crippen LogP contribution in [0.2, 0.25) is 0 Å². The maximum Gasteiger partial charge on any atom is 0.287 e. The molecule has 0 fully saturated rings. The number of fused-ring (bicyclic) bond motifs is 1. The third-order valence-electron chi connectivity index (χ3n) is 2.98. The first-order valence-electron chi connectivity index (χ1n) is 6.34. The van der Waals surface area contributed by atoms with Gasteiger partial charge >= 0.3 is 0 Å². The molecule has 4 nitrogen and oxygen atoms in total. The summed E-state index contributed by atoms with van der Waals surface area (Å²) in [5.74, 6) is 0.100. The van der Waals surface area contributed by atoms with Crippen molar-refractivity contribution in [2.45, 2.75) is 25.8 Å². The Morgan fingerprint density at radius 2 is 2.32 bits per heavy atom. The molecule has 0 spiro atoms. The number of hydrogen-bond acceptors (Lipinski definition) is 3. The molecule has 1 amide bonds. The lowest BCUT2D eigenvalue weighted by atomic mass is 10.1. The summed E-state index contributed by atoms with van der Waals surface area (Å²) in [5, 5.41) is 3.79. The highest BCUT2D eigenvalue weighted by Gasteiger charge is 2.16. The van der Waals surface area contributed by atoms with Crippen molar-refractivity contribution < 1.29 is 9.21 Å². The molecule has 102 valence electrons. The van der Waals surface area contributed by atoms with Crippen LogP contribution < -0.4 is 11.1 Å². The van der Waals surface area contributed by atoms with Crippen molar-refractivity contribution in [1.29, 1.82) is 0 Å². The first-order valence-corrected chi connectivity index (χ1v) is 7.14. The van der Waals surface area contributed by atoms with Gasteiger partial charge in [0.15, 0.2) is 5.76 Å². The molecule has 0 aliphatic carbocycles. The molecule has 0 saturated carbocycles. The average Bonchev–Trinajstić information content (AvgIpc) is 2.83. The lowest BCUT2D eigenvalue weighted by Gasteiger charge is -2.14. The monoisotopic (exact) mass is 324 g/mol. The van der Waals surface area contributed by atoms with E-state index in [-0.39, 0.29) is 11.9 Å². The predicted octanol–water partition coefficient (Wildman–Crippen LogP) is 3.05. The van der Waals surface area contributed by atoms with E-state index in [1.807, 2.05) is 18.2 Å². The van der Waals surface area contributed by atoms with Crippen molar-refractivity contribution in [3.05, 3.63) is 34.5 Å². The SMILES string of the molecule is CCCC(CN)NC(=O)c1cc2cccc(Br)c2o1. The fourth-order valence-electron chi connectivity index (χ4n) is 1.99. The van der Waals surface area contributed by atoms with Gasteiger partial charge in [-0.05, 0) is 34.5 Å². The smallest absolute Gasteiger partial charge is 0.287 e. The van der Waals surface area contributed by atoms with Crippen molar-refractivity contribution in [2.24, 2.45) is 5.73 Å². The minimum Gasteiger partial charge on any atom is -0.450 e. The van der Waals surface area contributed by atoms with E-state index in [4.69, 9.17) is 10.2 Å². The number of rotatable bonds is 5. The molecule has 1 atom stereocenters. The second-order valence-electron chi connectivity index (χ2n) is 4.46. The number of halogens is 1. The number of amides is 1. The van der Waals surface area contributed by atoms with Crippen molar-refractivity contribution in [1.82, 2.24) is 5.32 Å². The molecular formula is C14H17BrN2O2. The molecule has 1 aromatic heterocycles. The molecule has 0 aliphatic heterocycles. The number of hydrogen-bond donors (Lipinski definition) is 2. The van der Waals surface area contributed by atoms with Crippen LogP contribution >= 0.6 is 15.9 Å². The van der Waals surface area contributed by atoms with Gasteiger partial charge in [-0.1, -0.05) is 25.5 Å². The highest BCUT2D eigenvalue weighted by atomic mass is 79.9. The molecule has 2 rings (SSSR count). The van der Waals surface area contributed by atoms with Crippen LogP contribution in [-0.2, 0) is 0 Å². The van der Waals surface area contributed by atoms with Crippen LogP contribution in [0.4, 0.5) is 0 Å². The van der Waals surface area contributed by atoms with Crippen LogP contribution in [-0.4, -0.2) is 18.5 Å². The van der Waals surface area contributed by atoms with Crippen LogP contribution in [0.15, 0.2) is 33.2 Å². The molecule has 1 aromatic carbocycles. The Morgan fingerprint density at radius 1 is 1.53 bits per heavy atom. The molecule has 0 saturated heterocycles. The topological polar surface area (TPSA) is 68.3 Å². The van der Waals surface area contributed by atoms with Gasteiger partial charge in [0.2, 0.25) is 0 Å². The quantitative estimate of drug-likeness (QED) is 0.888. The Morgan fingerprint density at radius 3 is 2.95 bits per heavy atom. The summed E-state index contributed by atoms with van der Waals surface area (Å²) in [6, 6.07) is 7.44. The highest BCUT2D eigenvalue weighted by molar-refractivity contribution is 9.10. The Bertz CT molecular complexity index is 580. The Kier molecular flexibility index (Phi) is 4.61. The molecule has 0 aliphatic rings. The zero-order chi connectivity index (χ0) is 13.8.